The highest BCUT2D eigenvalue weighted by atomic mass is 32.1. The average molecular weight is 403 g/mol. The molecule has 0 saturated carbocycles. The summed E-state index contributed by atoms with van der Waals surface area (Å²) in [5.74, 6) is 0.399. The van der Waals surface area contributed by atoms with E-state index in [1.807, 2.05) is 0 Å². The third-order valence-electron chi connectivity index (χ3n) is 3.71. The lowest BCUT2D eigenvalue weighted by Crippen LogP contribution is -2.45. The second kappa shape index (κ2) is 8.42. The Balaban J connectivity index is 1.74. The van der Waals surface area contributed by atoms with Gasteiger partial charge in [0.2, 0.25) is 0 Å². The Morgan fingerprint density at radius 2 is 2.08 bits per heavy atom. The second-order valence-electron chi connectivity index (χ2n) is 5.85. The van der Waals surface area contributed by atoms with Gasteiger partial charge in [-0.3, -0.25) is 9.89 Å². The molecule has 0 amide bonds. The monoisotopic (exact) mass is 403 g/mol. The number of halogens is 6. The van der Waals surface area contributed by atoms with E-state index < -0.39 is 24.6 Å². The molecule has 0 aromatic carbocycles. The maximum Gasteiger partial charge on any atom is 0.434 e. The van der Waals surface area contributed by atoms with Gasteiger partial charge in [0.25, 0.3) is 0 Å². The molecule has 1 saturated heterocycles. The molecule has 26 heavy (non-hydrogen) atoms. The highest BCUT2D eigenvalue weighted by Gasteiger charge is 2.35. The summed E-state index contributed by atoms with van der Waals surface area (Å²) in [6.07, 6.45) is -7.84. The molecule has 2 rings (SSSR count). The first-order chi connectivity index (χ1) is 12.1. The molecule has 1 unspecified atom stereocenters. The summed E-state index contributed by atoms with van der Waals surface area (Å²) in [5, 5.41) is 7.28. The van der Waals surface area contributed by atoms with E-state index in [2.05, 4.69) is 20.6 Å². The number of guanidine groups is 1. The topological polar surface area (TPSA) is 52.6 Å². The van der Waals surface area contributed by atoms with Crippen LogP contribution in [0.15, 0.2) is 10.4 Å². The Morgan fingerprint density at radius 3 is 2.65 bits per heavy atom. The maximum absolute atomic E-state index is 12.5. The van der Waals surface area contributed by atoms with Crippen LogP contribution in [0, 0.1) is 0 Å². The summed E-state index contributed by atoms with van der Waals surface area (Å²) in [7, 11) is 1.52. The number of hydrogen-bond donors (Lipinski definition) is 2. The lowest BCUT2D eigenvalue weighted by atomic mass is 10.3. The van der Waals surface area contributed by atoms with Gasteiger partial charge in [-0.15, -0.1) is 11.3 Å². The van der Waals surface area contributed by atoms with Crippen LogP contribution >= 0.6 is 11.3 Å². The molecule has 1 aliphatic heterocycles. The van der Waals surface area contributed by atoms with E-state index in [0.717, 1.165) is 16.7 Å². The van der Waals surface area contributed by atoms with Crippen molar-refractivity contribution in [1.29, 1.82) is 0 Å². The Morgan fingerprint density at radius 1 is 1.35 bits per heavy atom. The highest BCUT2D eigenvalue weighted by Crippen LogP contribution is 2.30. The van der Waals surface area contributed by atoms with Crippen molar-refractivity contribution in [3.8, 4) is 0 Å². The van der Waals surface area contributed by atoms with Crippen LogP contribution < -0.4 is 10.6 Å². The van der Waals surface area contributed by atoms with E-state index in [9.17, 15) is 26.3 Å². The van der Waals surface area contributed by atoms with Crippen molar-refractivity contribution in [1.82, 2.24) is 20.5 Å². The molecule has 1 aromatic heterocycles. The minimum absolute atomic E-state index is 0.166. The van der Waals surface area contributed by atoms with Crippen molar-refractivity contribution in [3.63, 3.8) is 0 Å². The van der Waals surface area contributed by atoms with Gasteiger partial charge in [-0.05, 0) is 6.42 Å². The van der Waals surface area contributed by atoms with Crippen LogP contribution in [-0.2, 0) is 12.6 Å². The number of alkyl halides is 6. The van der Waals surface area contributed by atoms with Gasteiger partial charge in [0.15, 0.2) is 11.7 Å². The molecule has 2 heterocycles. The van der Waals surface area contributed by atoms with Gasteiger partial charge in [0, 0.05) is 44.5 Å². The fourth-order valence-corrected chi connectivity index (χ4v) is 3.38. The van der Waals surface area contributed by atoms with Gasteiger partial charge >= 0.3 is 12.4 Å². The highest BCUT2D eigenvalue weighted by molar-refractivity contribution is 7.09. The quantitative estimate of drug-likeness (QED) is 0.451. The Labute approximate surface area is 150 Å². The molecule has 5 nitrogen and oxygen atoms in total. The molecule has 0 bridgehead atoms. The van der Waals surface area contributed by atoms with Crippen LogP contribution in [0.1, 0.15) is 17.1 Å². The zero-order valence-corrected chi connectivity index (χ0v) is 14.7. The number of nitrogens with one attached hydrogen (secondary N) is 2. The predicted molar refractivity (Wildman–Crippen MR) is 86.2 cm³/mol. The molecule has 1 atom stereocenters. The summed E-state index contributed by atoms with van der Waals surface area (Å²) >= 11 is 0.930. The van der Waals surface area contributed by atoms with E-state index >= 15 is 0 Å². The number of rotatable bonds is 5. The minimum Gasteiger partial charge on any atom is -0.356 e. The second-order valence-corrected chi connectivity index (χ2v) is 6.80. The molecule has 2 N–H and O–H groups in total. The lowest BCUT2D eigenvalue weighted by Gasteiger charge is -2.19. The summed E-state index contributed by atoms with van der Waals surface area (Å²) in [4.78, 5) is 8.83. The van der Waals surface area contributed by atoms with Gasteiger partial charge in [0.05, 0.1) is 11.6 Å². The van der Waals surface area contributed by atoms with Crippen molar-refractivity contribution >= 4 is 17.3 Å². The van der Waals surface area contributed by atoms with Crippen LogP contribution in [0.4, 0.5) is 26.3 Å². The third-order valence-corrected chi connectivity index (χ3v) is 4.62. The number of thiazole rings is 1. The first kappa shape index (κ1) is 20.7. The summed E-state index contributed by atoms with van der Waals surface area (Å²) < 4.78 is 74.7. The standard InChI is InChI=1S/C14H19F6N5S/c1-21-12(23-9-3-5-25(6-9)8-13(15,16)17)22-4-2-11-24-10(7-26-11)14(18,19)20/h7,9H,2-6,8H2,1H3,(H2,21,22,23). The van der Waals surface area contributed by atoms with Gasteiger partial charge in [-0.2, -0.15) is 26.3 Å². The first-order valence-corrected chi connectivity index (χ1v) is 8.72. The van der Waals surface area contributed by atoms with Crippen LogP contribution in [-0.4, -0.2) is 61.3 Å². The summed E-state index contributed by atoms with van der Waals surface area (Å²) in [5.41, 5.74) is -0.907. The van der Waals surface area contributed by atoms with Crippen LogP contribution in [0.2, 0.25) is 0 Å². The summed E-state index contributed by atoms with van der Waals surface area (Å²) in [6, 6.07) is -0.166. The molecule has 1 aromatic rings. The summed E-state index contributed by atoms with van der Waals surface area (Å²) in [6.45, 7) is -0.0403. The Hall–Kier alpha value is -1.56. The fourth-order valence-electron chi connectivity index (χ4n) is 2.58. The average Bonchev–Trinajstić information content (AvgIpc) is 3.13. The molecule has 148 valence electrons. The molecule has 0 radical (unpaired) electrons. The molecular weight excluding hydrogens is 384 g/mol. The van der Waals surface area contributed by atoms with Crippen molar-refractivity contribution in [2.24, 2.45) is 4.99 Å². The third kappa shape index (κ3) is 6.63. The normalized spacial score (nSPS) is 19.8. The SMILES string of the molecule is CN=C(NCCc1nc(C(F)(F)F)cs1)NC1CCN(CC(F)(F)F)C1. The number of aliphatic imine (C=N–C) groups is 1. The van der Waals surface area contributed by atoms with Crippen LogP contribution in [0.5, 0.6) is 0 Å². The minimum atomic E-state index is -4.45. The lowest BCUT2D eigenvalue weighted by molar-refractivity contribution is -0.143. The largest absolute Gasteiger partial charge is 0.434 e. The number of nitrogens with zero attached hydrogens (tertiary/aromatic N) is 3. The van der Waals surface area contributed by atoms with Crippen molar-refractivity contribution in [3.05, 3.63) is 16.1 Å². The fraction of sp³-hybridized carbons (Fsp3) is 0.714. The zero-order chi connectivity index (χ0) is 19.4. The van der Waals surface area contributed by atoms with Crippen molar-refractivity contribution in [2.45, 2.75) is 31.2 Å². The van der Waals surface area contributed by atoms with E-state index in [1.165, 1.54) is 11.9 Å². The van der Waals surface area contributed by atoms with E-state index in [4.69, 9.17) is 0 Å². The van der Waals surface area contributed by atoms with Crippen molar-refractivity contribution < 1.29 is 26.3 Å². The predicted octanol–water partition coefficient (Wildman–Crippen LogP) is 2.51. The van der Waals surface area contributed by atoms with Crippen molar-refractivity contribution in [2.75, 3.05) is 33.2 Å². The van der Waals surface area contributed by atoms with Gasteiger partial charge in [0.1, 0.15) is 0 Å². The zero-order valence-electron chi connectivity index (χ0n) is 13.9. The maximum atomic E-state index is 12.5. The van der Waals surface area contributed by atoms with Gasteiger partial charge in [-0.1, -0.05) is 0 Å². The number of aromatic nitrogens is 1. The first-order valence-electron chi connectivity index (χ1n) is 7.84. The van der Waals surface area contributed by atoms with E-state index in [0.29, 0.717) is 30.5 Å². The van der Waals surface area contributed by atoms with Gasteiger partial charge in [-0.25, -0.2) is 4.98 Å². The van der Waals surface area contributed by atoms with E-state index in [-0.39, 0.29) is 19.0 Å². The smallest absolute Gasteiger partial charge is 0.356 e. The molecule has 12 heteroatoms. The Bertz CT molecular complexity index is 612. The Kier molecular flexibility index (Phi) is 6.72. The molecule has 0 spiro atoms. The van der Waals surface area contributed by atoms with Gasteiger partial charge < -0.3 is 10.6 Å². The van der Waals surface area contributed by atoms with Crippen LogP contribution in [0.3, 0.4) is 0 Å². The molecule has 1 aliphatic rings. The number of hydrogen-bond acceptors (Lipinski definition) is 4. The number of likely N-dealkylation sites (tertiary alicyclic amines) is 1. The molecular formula is C14H19F6N5S. The van der Waals surface area contributed by atoms with E-state index in [1.54, 1.807) is 0 Å². The molecule has 0 aliphatic carbocycles. The van der Waals surface area contributed by atoms with Crippen LogP contribution in [0.25, 0.3) is 0 Å². The molecule has 1 fully saturated rings.